The van der Waals surface area contributed by atoms with Crippen molar-refractivity contribution in [1.29, 1.82) is 0 Å². The number of benzene rings is 1. The average molecular weight is 256 g/mol. The lowest BCUT2D eigenvalue weighted by atomic mass is 9.92. The fourth-order valence-electron chi connectivity index (χ4n) is 3.28. The molecule has 2 aliphatic carbocycles. The van der Waals surface area contributed by atoms with E-state index >= 15 is 0 Å². The van der Waals surface area contributed by atoms with Crippen LogP contribution in [0.1, 0.15) is 32.3 Å². The van der Waals surface area contributed by atoms with Gasteiger partial charge in [-0.2, -0.15) is 0 Å². The van der Waals surface area contributed by atoms with Gasteiger partial charge in [-0.1, -0.05) is 42.5 Å². The molecule has 0 heterocycles. The Morgan fingerprint density at radius 2 is 1.89 bits per heavy atom. The number of esters is 1. The van der Waals surface area contributed by atoms with E-state index < -0.39 is 5.60 Å². The van der Waals surface area contributed by atoms with Crippen LogP contribution in [-0.2, 0) is 15.1 Å². The van der Waals surface area contributed by atoms with Crippen LogP contribution in [0.3, 0.4) is 0 Å². The van der Waals surface area contributed by atoms with E-state index in [1.54, 1.807) is 0 Å². The zero-order valence-electron chi connectivity index (χ0n) is 11.5. The predicted molar refractivity (Wildman–Crippen MR) is 74.4 cm³/mol. The first-order valence-electron chi connectivity index (χ1n) is 7.03. The van der Waals surface area contributed by atoms with Gasteiger partial charge < -0.3 is 4.74 Å². The molecule has 3 unspecified atom stereocenters. The van der Waals surface area contributed by atoms with Crippen LogP contribution >= 0.6 is 0 Å². The van der Waals surface area contributed by atoms with E-state index in [4.69, 9.17) is 4.74 Å². The molecule has 0 aliphatic heterocycles. The Labute approximate surface area is 114 Å². The van der Waals surface area contributed by atoms with Crippen LogP contribution in [0.15, 0.2) is 42.5 Å². The van der Waals surface area contributed by atoms with E-state index in [2.05, 4.69) is 12.2 Å². The van der Waals surface area contributed by atoms with Crippen LogP contribution in [-0.4, -0.2) is 5.97 Å². The fourth-order valence-corrected chi connectivity index (χ4v) is 3.28. The number of hydrogen-bond acceptors (Lipinski definition) is 2. The topological polar surface area (TPSA) is 26.3 Å². The van der Waals surface area contributed by atoms with Crippen LogP contribution in [0.4, 0.5) is 0 Å². The molecule has 2 aliphatic rings. The third kappa shape index (κ3) is 2.32. The van der Waals surface area contributed by atoms with E-state index in [9.17, 15) is 4.79 Å². The zero-order valence-corrected chi connectivity index (χ0v) is 11.5. The molecule has 0 saturated heterocycles. The number of fused-ring (bicyclic) bond motifs is 2. The molecule has 0 spiro atoms. The summed E-state index contributed by atoms with van der Waals surface area (Å²) in [5.74, 6) is 1.04. The molecule has 1 aromatic carbocycles. The van der Waals surface area contributed by atoms with Crippen LogP contribution in [0, 0.1) is 17.8 Å². The molecule has 1 saturated carbocycles. The summed E-state index contributed by atoms with van der Waals surface area (Å²) in [6.07, 6.45) is 6.53. The molecule has 0 radical (unpaired) electrons. The third-order valence-corrected chi connectivity index (χ3v) is 4.41. The summed E-state index contributed by atoms with van der Waals surface area (Å²) in [5.41, 5.74) is 0.492. The summed E-state index contributed by atoms with van der Waals surface area (Å²) >= 11 is 0. The third-order valence-electron chi connectivity index (χ3n) is 4.41. The van der Waals surface area contributed by atoms with E-state index in [0.717, 1.165) is 18.4 Å². The van der Waals surface area contributed by atoms with Crippen molar-refractivity contribution in [1.82, 2.24) is 0 Å². The maximum Gasteiger partial charge on any atom is 0.310 e. The molecule has 2 bridgehead atoms. The van der Waals surface area contributed by atoms with Crippen LogP contribution < -0.4 is 0 Å². The predicted octanol–water partition coefficient (Wildman–Crippen LogP) is 3.68. The van der Waals surface area contributed by atoms with E-state index in [-0.39, 0.29) is 11.9 Å². The smallest absolute Gasteiger partial charge is 0.310 e. The standard InChI is InChI=1S/C17H20O2/c1-17(2,14-6-4-3-5-7-14)19-16(18)15-11-12-8-9-13(15)10-12/h3-9,12-13,15H,10-11H2,1-2H3. The molecule has 3 atom stereocenters. The van der Waals surface area contributed by atoms with Gasteiger partial charge in [-0.25, -0.2) is 0 Å². The van der Waals surface area contributed by atoms with Gasteiger partial charge in [0.25, 0.3) is 0 Å². The first-order valence-corrected chi connectivity index (χ1v) is 7.03. The van der Waals surface area contributed by atoms with E-state index in [0.29, 0.717) is 11.8 Å². The average Bonchev–Trinajstić information content (AvgIpc) is 3.01. The van der Waals surface area contributed by atoms with Crippen LogP contribution in [0.5, 0.6) is 0 Å². The van der Waals surface area contributed by atoms with Gasteiger partial charge in [-0.3, -0.25) is 4.79 Å². The van der Waals surface area contributed by atoms with Gasteiger partial charge in [0.1, 0.15) is 5.60 Å². The molecule has 0 aromatic heterocycles. The van der Waals surface area contributed by atoms with Gasteiger partial charge in [0.2, 0.25) is 0 Å². The Morgan fingerprint density at radius 1 is 1.16 bits per heavy atom. The minimum absolute atomic E-state index is 0.0364. The molecule has 1 aromatic rings. The molecule has 100 valence electrons. The molecule has 1 fully saturated rings. The Kier molecular flexibility index (Phi) is 2.96. The number of rotatable bonds is 3. The minimum Gasteiger partial charge on any atom is -0.455 e. The highest BCUT2D eigenvalue weighted by molar-refractivity contribution is 5.74. The van der Waals surface area contributed by atoms with Crippen molar-refractivity contribution < 1.29 is 9.53 Å². The fraction of sp³-hybridized carbons (Fsp3) is 0.471. The lowest BCUT2D eigenvalue weighted by Gasteiger charge is -2.28. The van der Waals surface area contributed by atoms with Crippen molar-refractivity contribution >= 4 is 5.97 Å². The maximum absolute atomic E-state index is 12.4. The van der Waals surface area contributed by atoms with Crippen molar-refractivity contribution in [3.63, 3.8) is 0 Å². The molecule has 0 amide bonds. The molecule has 0 N–H and O–H groups in total. The summed E-state index contributed by atoms with van der Waals surface area (Å²) in [5, 5.41) is 0. The summed E-state index contributed by atoms with van der Waals surface area (Å²) in [6.45, 7) is 3.92. The zero-order chi connectivity index (χ0) is 13.5. The Hall–Kier alpha value is -1.57. The Morgan fingerprint density at radius 3 is 2.47 bits per heavy atom. The maximum atomic E-state index is 12.4. The molecule has 19 heavy (non-hydrogen) atoms. The second kappa shape index (κ2) is 4.52. The summed E-state index contributed by atoms with van der Waals surface area (Å²) in [6, 6.07) is 9.94. The van der Waals surface area contributed by atoms with Crippen LogP contribution in [0.2, 0.25) is 0 Å². The molecule has 2 heteroatoms. The lowest BCUT2D eigenvalue weighted by molar-refractivity contribution is -0.163. The van der Waals surface area contributed by atoms with Crippen molar-refractivity contribution in [3.05, 3.63) is 48.0 Å². The number of ether oxygens (including phenoxy) is 1. The van der Waals surface area contributed by atoms with E-state index in [1.165, 1.54) is 0 Å². The number of carbonyl (C=O) groups excluding carboxylic acids is 1. The highest BCUT2D eigenvalue weighted by Gasteiger charge is 2.42. The van der Waals surface area contributed by atoms with E-state index in [1.807, 2.05) is 44.2 Å². The number of carbonyl (C=O) groups is 1. The normalized spacial score (nSPS) is 28.6. The molecular weight excluding hydrogens is 236 g/mol. The number of allylic oxidation sites excluding steroid dienone is 2. The Bertz CT molecular complexity index is 501. The van der Waals surface area contributed by atoms with Crippen LogP contribution in [0.25, 0.3) is 0 Å². The second-order valence-electron chi connectivity index (χ2n) is 6.18. The lowest BCUT2D eigenvalue weighted by Crippen LogP contribution is -2.31. The van der Waals surface area contributed by atoms with Gasteiger partial charge in [-0.05, 0) is 44.1 Å². The van der Waals surface area contributed by atoms with Gasteiger partial charge >= 0.3 is 5.97 Å². The first kappa shape index (κ1) is 12.5. The van der Waals surface area contributed by atoms with Gasteiger partial charge in [0.15, 0.2) is 0 Å². The quantitative estimate of drug-likeness (QED) is 0.609. The largest absolute Gasteiger partial charge is 0.455 e. The number of hydrogen-bond donors (Lipinski definition) is 0. The van der Waals surface area contributed by atoms with Gasteiger partial charge in [0.05, 0.1) is 5.92 Å². The molecule has 2 nitrogen and oxygen atoms in total. The van der Waals surface area contributed by atoms with Gasteiger partial charge in [-0.15, -0.1) is 0 Å². The second-order valence-corrected chi connectivity index (χ2v) is 6.18. The SMILES string of the molecule is CC(C)(OC(=O)C1CC2C=CC1C2)c1ccccc1. The van der Waals surface area contributed by atoms with Crippen molar-refractivity contribution in [2.24, 2.45) is 17.8 Å². The highest BCUT2D eigenvalue weighted by Crippen LogP contribution is 2.44. The van der Waals surface area contributed by atoms with Crippen molar-refractivity contribution in [2.45, 2.75) is 32.3 Å². The van der Waals surface area contributed by atoms with Gasteiger partial charge in [0, 0.05) is 0 Å². The summed E-state index contributed by atoms with van der Waals surface area (Å²) < 4.78 is 5.79. The monoisotopic (exact) mass is 256 g/mol. The summed E-state index contributed by atoms with van der Waals surface area (Å²) in [7, 11) is 0. The molecule has 3 rings (SSSR count). The first-order chi connectivity index (χ1) is 9.06. The van der Waals surface area contributed by atoms with Crippen molar-refractivity contribution in [2.75, 3.05) is 0 Å². The molecular formula is C17H20O2. The summed E-state index contributed by atoms with van der Waals surface area (Å²) in [4.78, 5) is 12.4. The highest BCUT2D eigenvalue weighted by atomic mass is 16.6. The Balaban J connectivity index is 1.71. The minimum atomic E-state index is -0.552. The van der Waals surface area contributed by atoms with Crippen molar-refractivity contribution in [3.8, 4) is 0 Å².